The number of hydrogen-bond acceptors (Lipinski definition) is 4. The average Bonchev–Trinajstić information content (AvgIpc) is 2.46. The van der Waals surface area contributed by atoms with Gasteiger partial charge in [-0.3, -0.25) is 4.79 Å². The number of anilines is 1. The van der Waals surface area contributed by atoms with Crippen LogP contribution >= 0.6 is 0 Å². The molecule has 2 rings (SSSR count). The molecule has 3 N–H and O–H groups in total. The van der Waals surface area contributed by atoms with E-state index < -0.39 is 10.0 Å². The largest absolute Gasteiger partial charge is 0.330 e. The third-order valence-electron chi connectivity index (χ3n) is 3.54. The molecule has 0 radical (unpaired) electrons. The summed E-state index contributed by atoms with van der Waals surface area (Å²) >= 11 is 0. The summed E-state index contributed by atoms with van der Waals surface area (Å²) in [5.74, 6) is -0.0680. The summed E-state index contributed by atoms with van der Waals surface area (Å²) in [6, 6.07) is 4.97. The maximum absolute atomic E-state index is 12.2. The summed E-state index contributed by atoms with van der Waals surface area (Å²) < 4.78 is 26.9. The van der Waals surface area contributed by atoms with Crippen molar-refractivity contribution in [3.8, 4) is 0 Å². The van der Waals surface area contributed by atoms with Gasteiger partial charge >= 0.3 is 0 Å². The number of nitrogens with one attached hydrogen (secondary N) is 1. The lowest BCUT2D eigenvalue weighted by molar-refractivity contribution is -0.116. The van der Waals surface area contributed by atoms with Crippen LogP contribution in [0.3, 0.4) is 0 Å². The third kappa shape index (κ3) is 3.61. The van der Waals surface area contributed by atoms with Gasteiger partial charge in [0.15, 0.2) is 0 Å². The van der Waals surface area contributed by atoms with Gasteiger partial charge in [0.25, 0.3) is 0 Å². The second kappa shape index (κ2) is 6.55. The number of aryl methyl sites for hydroxylation is 1. The standard InChI is InChI=1S/C14H21N3O3S/c1-11(18)17-9-2-4-12-5-6-13(10-14(12)17)21(19,20)16-8-3-7-15/h5-6,10,16H,2-4,7-9,15H2,1H3. The molecule has 0 fully saturated rings. The van der Waals surface area contributed by atoms with Crippen LogP contribution in [0.2, 0.25) is 0 Å². The van der Waals surface area contributed by atoms with Gasteiger partial charge in [-0.05, 0) is 43.5 Å². The topological polar surface area (TPSA) is 92.5 Å². The summed E-state index contributed by atoms with van der Waals surface area (Å²) in [5, 5.41) is 0. The van der Waals surface area contributed by atoms with Crippen LogP contribution in [0.4, 0.5) is 5.69 Å². The van der Waals surface area contributed by atoms with Crippen molar-refractivity contribution < 1.29 is 13.2 Å². The number of nitrogens with zero attached hydrogens (tertiary/aromatic N) is 1. The van der Waals surface area contributed by atoms with Crippen molar-refractivity contribution in [2.24, 2.45) is 5.73 Å². The normalized spacial score (nSPS) is 14.9. The molecule has 1 aromatic rings. The van der Waals surface area contributed by atoms with Crippen LogP contribution < -0.4 is 15.4 Å². The predicted octanol–water partition coefficient (Wildman–Crippen LogP) is 0.613. The Bertz CT molecular complexity index is 628. The number of nitrogens with two attached hydrogens (primary N) is 1. The summed E-state index contributed by atoms with van der Waals surface area (Å²) in [6.45, 7) is 2.87. The van der Waals surface area contributed by atoms with E-state index in [1.54, 1.807) is 23.1 Å². The van der Waals surface area contributed by atoms with Gasteiger partial charge in [-0.2, -0.15) is 0 Å². The Morgan fingerprint density at radius 1 is 1.43 bits per heavy atom. The zero-order chi connectivity index (χ0) is 15.5. The highest BCUT2D eigenvalue weighted by molar-refractivity contribution is 7.89. The second-order valence-electron chi connectivity index (χ2n) is 5.10. The SMILES string of the molecule is CC(=O)N1CCCc2ccc(S(=O)(=O)NCCCN)cc21. The fourth-order valence-corrected chi connectivity index (χ4v) is 3.53. The molecule has 0 atom stereocenters. The van der Waals surface area contributed by atoms with E-state index in [2.05, 4.69) is 4.72 Å². The Kier molecular flexibility index (Phi) is 4.97. The smallest absolute Gasteiger partial charge is 0.240 e. The summed E-state index contributed by atoms with van der Waals surface area (Å²) in [4.78, 5) is 13.5. The van der Waals surface area contributed by atoms with Gasteiger partial charge in [0.2, 0.25) is 15.9 Å². The lowest BCUT2D eigenvalue weighted by Gasteiger charge is -2.29. The van der Waals surface area contributed by atoms with Gasteiger partial charge in [-0.25, -0.2) is 13.1 Å². The van der Waals surface area contributed by atoms with E-state index in [9.17, 15) is 13.2 Å². The maximum atomic E-state index is 12.2. The number of rotatable bonds is 5. The Labute approximate surface area is 125 Å². The molecule has 116 valence electrons. The molecule has 0 spiro atoms. The molecule has 1 aliphatic heterocycles. The van der Waals surface area contributed by atoms with E-state index in [1.807, 2.05) is 0 Å². The minimum atomic E-state index is -3.56. The van der Waals surface area contributed by atoms with Gasteiger partial charge in [0, 0.05) is 25.7 Å². The minimum Gasteiger partial charge on any atom is -0.330 e. The zero-order valence-corrected chi connectivity index (χ0v) is 12.9. The number of amides is 1. The fourth-order valence-electron chi connectivity index (χ4n) is 2.44. The lowest BCUT2D eigenvalue weighted by atomic mass is 10.0. The Balaban J connectivity index is 2.31. The van der Waals surface area contributed by atoms with Gasteiger partial charge in [-0.1, -0.05) is 6.07 Å². The van der Waals surface area contributed by atoms with Gasteiger partial charge in [0.1, 0.15) is 0 Å². The monoisotopic (exact) mass is 311 g/mol. The van der Waals surface area contributed by atoms with E-state index in [0.717, 1.165) is 18.4 Å². The van der Waals surface area contributed by atoms with Crippen LogP contribution in [0, 0.1) is 0 Å². The highest BCUT2D eigenvalue weighted by Crippen LogP contribution is 2.29. The van der Waals surface area contributed by atoms with Crippen LogP contribution in [-0.4, -0.2) is 34.0 Å². The molecule has 0 aliphatic carbocycles. The summed E-state index contributed by atoms with van der Waals surface area (Å²) in [6.07, 6.45) is 2.34. The van der Waals surface area contributed by atoms with Crippen LogP contribution in [0.1, 0.15) is 25.3 Å². The lowest BCUT2D eigenvalue weighted by Crippen LogP contribution is -2.34. The van der Waals surface area contributed by atoms with Gasteiger partial charge in [0.05, 0.1) is 4.90 Å². The maximum Gasteiger partial charge on any atom is 0.240 e. The molecule has 1 amide bonds. The Hall–Kier alpha value is -1.44. The number of carbonyl (C=O) groups is 1. The molecule has 1 aromatic carbocycles. The number of carbonyl (C=O) groups excluding carboxylic acids is 1. The van der Waals surface area contributed by atoms with Crippen molar-refractivity contribution >= 4 is 21.6 Å². The number of fused-ring (bicyclic) bond motifs is 1. The quantitative estimate of drug-likeness (QED) is 0.779. The molecule has 0 saturated heterocycles. The molecule has 0 bridgehead atoms. The van der Waals surface area contributed by atoms with E-state index in [4.69, 9.17) is 5.73 Å². The Morgan fingerprint density at radius 2 is 2.19 bits per heavy atom. The summed E-state index contributed by atoms with van der Waals surface area (Å²) in [7, 11) is -3.56. The third-order valence-corrected chi connectivity index (χ3v) is 5.00. The molecule has 7 heteroatoms. The van der Waals surface area contributed by atoms with Gasteiger partial charge < -0.3 is 10.6 Å². The van der Waals surface area contributed by atoms with Crippen LogP contribution in [0.15, 0.2) is 23.1 Å². The Morgan fingerprint density at radius 3 is 2.86 bits per heavy atom. The first-order valence-corrected chi connectivity index (χ1v) is 8.55. The number of sulfonamides is 1. The highest BCUT2D eigenvalue weighted by atomic mass is 32.2. The van der Waals surface area contributed by atoms with Crippen molar-refractivity contribution in [2.75, 3.05) is 24.5 Å². The van der Waals surface area contributed by atoms with E-state index in [0.29, 0.717) is 31.7 Å². The van der Waals surface area contributed by atoms with Gasteiger partial charge in [-0.15, -0.1) is 0 Å². The molecule has 0 unspecified atom stereocenters. The first-order chi connectivity index (χ1) is 9.95. The highest BCUT2D eigenvalue weighted by Gasteiger charge is 2.23. The van der Waals surface area contributed by atoms with Crippen molar-refractivity contribution in [1.82, 2.24) is 4.72 Å². The van der Waals surface area contributed by atoms with E-state index in [-0.39, 0.29) is 10.8 Å². The minimum absolute atomic E-state index is 0.0680. The fraction of sp³-hybridized carbons (Fsp3) is 0.500. The predicted molar refractivity (Wildman–Crippen MR) is 81.6 cm³/mol. The average molecular weight is 311 g/mol. The molecule has 6 nitrogen and oxygen atoms in total. The number of hydrogen-bond donors (Lipinski definition) is 2. The van der Waals surface area contributed by atoms with E-state index in [1.165, 1.54) is 6.92 Å². The van der Waals surface area contributed by atoms with Crippen molar-refractivity contribution in [3.63, 3.8) is 0 Å². The first kappa shape index (κ1) is 15.9. The molecule has 0 saturated carbocycles. The molecule has 1 aliphatic rings. The van der Waals surface area contributed by atoms with Crippen LogP contribution in [0.25, 0.3) is 0 Å². The second-order valence-corrected chi connectivity index (χ2v) is 6.87. The molecular weight excluding hydrogens is 290 g/mol. The molecule has 1 heterocycles. The van der Waals surface area contributed by atoms with Crippen molar-refractivity contribution in [2.45, 2.75) is 31.1 Å². The number of benzene rings is 1. The van der Waals surface area contributed by atoms with E-state index >= 15 is 0 Å². The first-order valence-electron chi connectivity index (χ1n) is 7.06. The zero-order valence-electron chi connectivity index (χ0n) is 12.1. The molecule has 21 heavy (non-hydrogen) atoms. The molecule has 0 aromatic heterocycles. The molecular formula is C14H21N3O3S. The van der Waals surface area contributed by atoms with Crippen molar-refractivity contribution in [3.05, 3.63) is 23.8 Å². The van der Waals surface area contributed by atoms with Crippen molar-refractivity contribution in [1.29, 1.82) is 0 Å². The van der Waals surface area contributed by atoms with Crippen LogP contribution in [-0.2, 0) is 21.2 Å². The summed E-state index contributed by atoms with van der Waals surface area (Å²) in [5.41, 5.74) is 7.08. The van der Waals surface area contributed by atoms with Crippen LogP contribution in [0.5, 0.6) is 0 Å².